The molecule has 2 rings (SSSR count). The monoisotopic (exact) mass is 268 g/mol. The maximum atomic E-state index is 10.8. The standard InChI is InChI=1S/C16H28O3/c1-5-13-11(2)15(18-14(13)7-9-17)10-12-6-8-16(3,4)19-12/h9,11-15H,5-8,10H2,1-4H3/t11-,12-,13-,14+,15-/m1/s1. The van der Waals surface area contributed by atoms with E-state index in [2.05, 4.69) is 27.7 Å². The fourth-order valence-corrected chi connectivity index (χ4v) is 3.80. The molecule has 0 unspecified atom stereocenters. The van der Waals surface area contributed by atoms with Gasteiger partial charge in [0, 0.05) is 12.8 Å². The zero-order chi connectivity index (χ0) is 14.0. The van der Waals surface area contributed by atoms with Gasteiger partial charge >= 0.3 is 0 Å². The Kier molecular flexibility index (Phi) is 4.67. The van der Waals surface area contributed by atoms with Gasteiger partial charge in [0.05, 0.1) is 23.9 Å². The van der Waals surface area contributed by atoms with Crippen LogP contribution in [0.25, 0.3) is 0 Å². The minimum atomic E-state index is 0.0267. The van der Waals surface area contributed by atoms with E-state index in [0.29, 0.717) is 24.4 Å². The summed E-state index contributed by atoms with van der Waals surface area (Å²) in [5.41, 5.74) is 0.0267. The van der Waals surface area contributed by atoms with Gasteiger partial charge in [0.15, 0.2) is 0 Å². The maximum absolute atomic E-state index is 10.8. The van der Waals surface area contributed by atoms with E-state index < -0.39 is 0 Å². The van der Waals surface area contributed by atoms with Gasteiger partial charge in [0.25, 0.3) is 0 Å². The zero-order valence-corrected chi connectivity index (χ0v) is 12.7. The van der Waals surface area contributed by atoms with Gasteiger partial charge in [-0.05, 0) is 38.5 Å². The number of hydrogen-bond donors (Lipinski definition) is 0. The molecule has 3 nitrogen and oxygen atoms in total. The van der Waals surface area contributed by atoms with Crippen LogP contribution in [0, 0.1) is 11.8 Å². The molecule has 2 heterocycles. The Labute approximate surface area is 117 Å². The van der Waals surface area contributed by atoms with Crippen LogP contribution in [0.4, 0.5) is 0 Å². The van der Waals surface area contributed by atoms with Crippen LogP contribution < -0.4 is 0 Å². The number of aldehydes is 1. The highest BCUT2D eigenvalue weighted by molar-refractivity contribution is 5.50. The van der Waals surface area contributed by atoms with Gasteiger partial charge in [-0.2, -0.15) is 0 Å². The molecule has 3 heteroatoms. The van der Waals surface area contributed by atoms with E-state index in [1.165, 1.54) is 0 Å². The van der Waals surface area contributed by atoms with Crippen molar-refractivity contribution in [1.82, 2.24) is 0 Å². The number of ether oxygens (including phenoxy) is 2. The number of carbonyl (C=O) groups excluding carboxylic acids is 1. The van der Waals surface area contributed by atoms with Crippen LogP contribution in [-0.4, -0.2) is 30.2 Å². The number of rotatable bonds is 5. The van der Waals surface area contributed by atoms with E-state index >= 15 is 0 Å². The molecular formula is C16H28O3. The Morgan fingerprint density at radius 3 is 2.58 bits per heavy atom. The molecule has 0 spiro atoms. The summed E-state index contributed by atoms with van der Waals surface area (Å²) < 4.78 is 12.2. The van der Waals surface area contributed by atoms with Gasteiger partial charge < -0.3 is 14.3 Å². The Bertz CT molecular complexity index is 313. The van der Waals surface area contributed by atoms with Crippen LogP contribution in [0.15, 0.2) is 0 Å². The Balaban J connectivity index is 1.92. The lowest BCUT2D eigenvalue weighted by atomic mass is 9.84. The van der Waals surface area contributed by atoms with Crippen molar-refractivity contribution in [3.63, 3.8) is 0 Å². The van der Waals surface area contributed by atoms with Gasteiger partial charge in [0.1, 0.15) is 6.29 Å². The van der Waals surface area contributed by atoms with Crippen molar-refractivity contribution in [2.24, 2.45) is 11.8 Å². The SMILES string of the molecule is CC[C@@H]1[C@@H](C)[C@@H](C[C@H]2CCC(C)(C)O2)O[C@H]1CC=O. The first-order valence-electron chi connectivity index (χ1n) is 7.73. The molecule has 0 amide bonds. The highest BCUT2D eigenvalue weighted by atomic mass is 16.5. The number of carbonyl (C=O) groups is 1. The Morgan fingerprint density at radius 2 is 2.05 bits per heavy atom. The molecular weight excluding hydrogens is 240 g/mol. The third-order valence-corrected chi connectivity index (χ3v) is 4.94. The smallest absolute Gasteiger partial charge is 0.122 e. The third-order valence-electron chi connectivity index (χ3n) is 4.94. The summed E-state index contributed by atoms with van der Waals surface area (Å²) in [7, 11) is 0. The highest BCUT2D eigenvalue weighted by Gasteiger charge is 2.43. The van der Waals surface area contributed by atoms with Crippen LogP contribution in [0.3, 0.4) is 0 Å². The Morgan fingerprint density at radius 1 is 1.32 bits per heavy atom. The molecule has 5 atom stereocenters. The molecule has 2 aliphatic heterocycles. The van der Waals surface area contributed by atoms with E-state index in [4.69, 9.17) is 9.47 Å². The molecule has 19 heavy (non-hydrogen) atoms. The van der Waals surface area contributed by atoms with Crippen molar-refractivity contribution in [2.45, 2.75) is 83.7 Å². The first-order valence-corrected chi connectivity index (χ1v) is 7.73. The predicted molar refractivity (Wildman–Crippen MR) is 75.1 cm³/mol. The van der Waals surface area contributed by atoms with Crippen molar-refractivity contribution >= 4 is 6.29 Å². The fraction of sp³-hybridized carbons (Fsp3) is 0.938. The topological polar surface area (TPSA) is 35.5 Å². The molecule has 0 radical (unpaired) electrons. The summed E-state index contributed by atoms with van der Waals surface area (Å²) in [4.78, 5) is 10.8. The van der Waals surface area contributed by atoms with Gasteiger partial charge in [-0.3, -0.25) is 0 Å². The molecule has 0 N–H and O–H groups in total. The summed E-state index contributed by atoms with van der Waals surface area (Å²) in [5.74, 6) is 1.05. The average molecular weight is 268 g/mol. The summed E-state index contributed by atoms with van der Waals surface area (Å²) in [6.45, 7) is 8.79. The van der Waals surface area contributed by atoms with E-state index in [1.807, 2.05) is 0 Å². The van der Waals surface area contributed by atoms with Crippen molar-refractivity contribution in [3.8, 4) is 0 Å². The minimum Gasteiger partial charge on any atom is -0.374 e. The van der Waals surface area contributed by atoms with Gasteiger partial charge in [-0.25, -0.2) is 0 Å². The average Bonchev–Trinajstić information content (AvgIpc) is 2.82. The summed E-state index contributed by atoms with van der Waals surface area (Å²) in [6, 6.07) is 0. The van der Waals surface area contributed by atoms with Crippen molar-refractivity contribution < 1.29 is 14.3 Å². The van der Waals surface area contributed by atoms with Crippen molar-refractivity contribution in [3.05, 3.63) is 0 Å². The second-order valence-electron chi connectivity index (χ2n) is 6.82. The second-order valence-corrected chi connectivity index (χ2v) is 6.82. The van der Waals surface area contributed by atoms with Crippen LogP contribution in [0.5, 0.6) is 0 Å². The van der Waals surface area contributed by atoms with Crippen LogP contribution in [-0.2, 0) is 14.3 Å². The largest absolute Gasteiger partial charge is 0.374 e. The summed E-state index contributed by atoms with van der Waals surface area (Å²) in [6.07, 6.45) is 6.58. The fourth-order valence-electron chi connectivity index (χ4n) is 3.80. The predicted octanol–water partition coefficient (Wildman–Crippen LogP) is 3.35. The molecule has 0 saturated carbocycles. The summed E-state index contributed by atoms with van der Waals surface area (Å²) in [5, 5.41) is 0. The van der Waals surface area contributed by atoms with Crippen LogP contribution in [0.2, 0.25) is 0 Å². The normalized spacial score (nSPS) is 41.6. The lowest BCUT2D eigenvalue weighted by Gasteiger charge is -2.23. The van der Waals surface area contributed by atoms with Gasteiger partial charge in [-0.15, -0.1) is 0 Å². The van der Waals surface area contributed by atoms with E-state index in [1.54, 1.807) is 0 Å². The Hall–Kier alpha value is -0.410. The highest BCUT2D eigenvalue weighted by Crippen LogP contribution is 2.40. The quantitative estimate of drug-likeness (QED) is 0.717. The molecule has 2 fully saturated rings. The number of hydrogen-bond acceptors (Lipinski definition) is 3. The molecule has 0 aromatic carbocycles. The third kappa shape index (κ3) is 3.38. The van der Waals surface area contributed by atoms with Crippen molar-refractivity contribution in [2.75, 3.05) is 0 Å². The molecule has 0 aliphatic carbocycles. The van der Waals surface area contributed by atoms with Crippen molar-refractivity contribution in [1.29, 1.82) is 0 Å². The van der Waals surface area contributed by atoms with Gasteiger partial charge in [-0.1, -0.05) is 20.3 Å². The van der Waals surface area contributed by atoms with Gasteiger partial charge in [0.2, 0.25) is 0 Å². The lowest BCUT2D eigenvalue weighted by Crippen LogP contribution is -2.26. The lowest BCUT2D eigenvalue weighted by molar-refractivity contribution is -0.111. The van der Waals surface area contributed by atoms with E-state index in [9.17, 15) is 4.79 Å². The van der Waals surface area contributed by atoms with Crippen LogP contribution >= 0.6 is 0 Å². The molecule has 0 aromatic rings. The summed E-state index contributed by atoms with van der Waals surface area (Å²) >= 11 is 0. The van der Waals surface area contributed by atoms with E-state index in [0.717, 1.165) is 32.0 Å². The molecule has 2 aliphatic rings. The van der Waals surface area contributed by atoms with Crippen LogP contribution in [0.1, 0.15) is 59.8 Å². The maximum Gasteiger partial charge on any atom is 0.122 e. The molecule has 0 aromatic heterocycles. The molecule has 0 bridgehead atoms. The molecule has 2 saturated heterocycles. The second kappa shape index (κ2) is 5.92. The molecule has 110 valence electrons. The first kappa shape index (κ1) is 15.0. The zero-order valence-electron chi connectivity index (χ0n) is 12.7. The first-order chi connectivity index (χ1) is 8.96. The van der Waals surface area contributed by atoms with E-state index in [-0.39, 0.29) is 17.8 Å². The minimum absolute atomic E-state index is 0.0267.